The van der Waals surface area contributed by atoms with Crippen molar-refractivity contribution in [2.75, 3.05) is 18.1 Å². The van der Waals surface area contributed by atoms with Crippen molar-refractivity contribution in [1.82, 2.24) is 5.32 Å². The molecule has 3 heteroatoms. The van der Waals surface area contributed by atoms with Crippen LogP contribution in [0, 0.1) is 0 Å². The van der Waals surface area contributed by atoms with E-state index in [1.54, 1.807) is 0 Å². The Morgan fingerprint density at radius 3 is 2.80 bits per heavy atom. The molecular weight excluding hydrogens is 226 g/mol. The summed E-state index contributed by atoms with van der Waals surface area (Å²) in [4.78, 5) is 0. The van der Waals surface area contributed by atoms with Crippen molar-refractivity contribution in [2.24, 2.45) is 0 Å². The van der Waals surface area contributed by atoms with Gasteiger partial charge in [0.25, 0.3) is 0 Å². The highest BCUT2D eigenvalue weighted by Crippen LogP contribution is 2.17. The second-order valence-corrected chi connectivity index (χ2v) is 5.48. The van der Waals surface area contributed by atoms with Crippen LogP contribution >= 0.6 is 23.4 Å². The van der Waals surface area contributed by atoms with Gasteiger partial charge >= 0.3 is 0 Å². The van der Waals surface area contributed by atoms with Crippen molar-refractivity contribution in [1.29, 1.82) is 0 Å². The SMILES string of the molecule is Clc1ccc(CCN[C@@H]2CCSC2)cc1. The van der Waals surface area contributed by atoms with Gasteiger partial charge in [0.05, 0.1) is 0 Å². The topological polar surface area (TPSA) is 12.0 Å². The number of rotatable bonds is 4. The minimum Gasteiger partial charge on any atom is -0.313 e. The monoisotopic (exact) mass is 241 g/mol. The van der Waals surface area contributed by atoms with Gasteiger partial charge in [0.15, 0.2) is 0 Å². The van der Waals surface area contributed by atoms with Gasteiger partial charge in [-0.2, -0.15) is 11.8 Å². The standard InChI is InChI=1S/C12H16ClNS/c13-11-3-1-10(2-4-11)5-7-14-12-6-8-15-9-12/h1-4,12,14H,5-9H2/t12-/m1/s1. The first-order chi connectivity index (χ1) is 7.34. The molecule has 1 atom stereocenters. The van der Waals surface area contributed by atoms with Crippen LogP contribution in [0.25, 0.3) is 0 Å². The fourth-order valence-electron chi connectivity index (χ4n) is 1.77. The van der Waals surface area contributed by atoms with E-state index in [4.69, 9.17) is 11.6 Å². The van der Waals surface area contributed by atoms with Gasteiger partial charge < -0.3 is 5.32 Å². The predicted molar refractivity (Wildman–Crippen MR) is 68.9 cm³/mol. The van der Waals surface area contributed by atoms with Crippen LogP contribution in [0.15, 0.2) is 24.3 Å². The highest BCUT2D eigenvalue weighted by molar-refractivity contribution is 7.99. The Hall–Kier alpha value is -0.180. The molecule has 1 aromatic rings. The summed E-state index contributed by atoms with van der Waals surface area (Å²) >= 11 is 7.88. The van der Waals surface area contributed by atoms with Crippen LogP contribution in [0.1, 0.15) is 12.0 Å². The van der Waals surface area contributed by atoms with Gasteiger partial charge in [0.1, 0.15) is 0 Å². The van der Waals surface area contributed by atoms with Crippen LogP contribution in [0.5, 0.6) is 0 Å². The average molecular weight is 242 g/mol. The molecular formula is C12H16ClNS. The maximum atomic E-state index is 5.83. The molecule has 82 valence electrons. The Morgan fingerprint density at radius 1 is 1.33 bits per heavy atom. The molecule has 15 heavy (non-hydrogen) atoms. The highest BCUT2D eigenvalue weighted by atomic mass is 35.5. The van der Waals surface area contributed by atoms with Crippen molar-refractivity contribution in [2.45, 2.75) is 18.9 Å². The Labute approximate surface area is 101 Å². The van der Waals surface area contributed by atoms with E-state index in [1.165, 1.54) is 23.5 Å². The van der Waals surface area contributed by atoms with Gasteiger partial charge in [-0.1, -0.05) is 23.7 Å². The van der Waals surface area contributed by atoms with Crippen LogP contribution in [-0.4, -0.2) is 24.1 Å². The first-order valence-corrected chi connectivity index (χ1v) is 6.93. The first kappa shape index (κ1) is 11.3. The zero-order chi connectivity index (χ0) is 10.5. The Balaban J connectivity index is 1.71. The van der Waals surface area contributed by atoms with Gasteiger partial charge in [-0.3, -0.25) is 0 Å². The molecule has 1 aliphatic rings. The summed E-state index contributed by atoms with van der Waals surface area (Å²) in [7, 11) is 0. The molecule has 1 heterocycles. The molecule has 0 aromatic heterocycles. The molecule has 0 unspecified atom stereocenters. The van der Waals surface area contributed by atoms with E-state index in [0.717, 1.165) is 24.0 Å². The lowest BCUT2D eigenvalue weighted by Crippen LogP contribution is -2.30. The van der Waals surface area contributed by atoms with E-state index in [9.17, 15) is 0 Å². The number of halogens is 1. The summed E-state index contributed by atoms with van der Waals surface area (Å²) in [5.74, 6) is 2.60. The number of nitrogens with one attached hydrogen (secondary N) is 1. The van der Waals surface area contributed by atoms with E-state index < -0.39 is 0 Å². The normalized spacial score (nSPS) is 20.7. The molecule has 1 N–H and O–H groups in total. The summed E-state index contributed by atoms with van der Waals surface area (Å²) in [5, 5.41) is 4.41. The molecule has 1 aliphatic heterocycles. The van der Waals surface area contributed by atoms with Crippen molar-refractivity contribution in [3.8, 4) is 0 Å². The van der Waals surface area contributed by atoms with Crippen molar-refractivity contribution in [3.63, 3.8) is 0 Å². The molecule has 0 aliphatic carbocycles. The van der Waals surface area contributed by atoms with E-state index in [1.807, 2.05) is 12.1 Å². The number of benzene rings is 1. The summed E-state index contributed by atoms with van der Waals surface area (Å²) in [5.41, 5.74) is 1.36. The summed E-state index contributed by atoms with van der Waals surface area (Å²) in [6.07, 6.45) is 2.42. The Kier molecular flexibility index (Phi) is 4.36. The van der Waals surface area contributed by atoms with Crippen molar-refractivity contribution in [3.05, 3.63) is 34.9 Å². The Morgan fingerprint density at radius 2 is 2.13 bits per heavy atom. The second kappa shape index (κ2) is 5.78. The minimum atomic E-state index is 0.738. The molecule has 0 amide bonds. The second-order valence-electron chi connectivity index (χ2n) is 3.89. The molecule has 1 fully saturated rings. The van der Waals surface area contributed by atoms with Crippen LogP contribution in [-0.2, 0) is 6.42 Å². The molecule has 0 bridgehead atoms. The summed E-state index contributed by atoms with van der Waals surface area (Å²) in [6, 6.07) is 8.87. The third-order valence-corrected chi connectivity index (χ3v) is 4.10. The average Bonchev–Trinajstić information content (AvgIpc) is 2.74. The highest BCUT2D eigenvalue weighted by Gasteiger charge is 2.13. The van der Waals surface area contributed by atoms with Crippen LogP contribution < -0.4 is 5.32 Å². The van der Waals surface area contributed by atoms with Crippen molar-refractivity contribution >= 4 is 23.4 Å². The van der Waals surface area contributed by atoms with Crippen LogP contribution in [0.3, 0.4) is 0 Å². The van der Waals surface area contributed by atoms with Gasteiger partial charge in [0.2, 0.25) is 0 Å². The van der Waals surface area contributed by atoms with Gasteiger partial charge in [0, 0.05) is 16.8 Å². The van der Waals surface area contributed by atoms with Gasteiger partial charge in [-0.25, -0.2) is 0 Å². The molecule has 0 saturated carbocycles. The van der Waals surface area contributed by atoms with E-state index >= 15 is 0 Å². The van der Waals surface area contributed by atoms with E-state index in [0.29, 0.717) is 0 Å². The van der Waals surface area contributed by atoms with Crippen LogP contribution in [0.2, 0.25) is 5.02 Å². The quantitative estimate of drug-likeness (QED) is 0.870. The lowest BCUT2D eigenvalue weighted by molar-refractivity contribution is 0.560. The molecule has 1 nitrogen and oxygen atoms in total. The maximum Gasteiger partial charge on any atom is 0.0406 e. The number of hydrogen-bond acceptors (Lipinski definition) is 2. The largest absolute Gasteiger partial charge is 0.313 e. The van der Waals surface area contributed by atoms with E-state index in [-0.39, 0.29) is 0 Å². The fraction of sp³-hybridized carbons (Fsp3) is 0.500. The van der Waals surface area contributed by atoms with Gasteiger partial charge in [-0.15, -0.1) is 0 Å². The third-order valence-electron chi connectivity index (χ3n) is 2.69. The predicted octanol–water partition coefficient (Wildman–Crippen LogP) is 2.98. The number of hydrogen-bond donors (Lipinski definition) is 1. The molecule has 1 aromatic carbocycles. The molecule has 1 saturated heterocycles. The zero-order valence-corrected chi connectivity index (χ0v) is 10.3. The van der Waals surface area contributed by atoms with Gasteiger partial charge in [-0.05, 0) is 42.8 Å². The lowest BCUT2D eigenvalue weighted by atomic mass is 10.1. The Bertz CT molecular complexity index is 293. The zero-order valence-electron chi connectivity index (χ0n) is 8.71. The maximum absolute atomic E-state index is 5.83. The van der Waals surface area contributed by atoms with E-state index in [2.05, 4.69) is 29.2 Å². The first-order valence-electron chi connectivity index (χ1n) is 5.40. The third kappa shape index (κ3) is 3.71. The smallest absolute Gasteiger partial charge is 0.0406 e. The fourth-order valence-corrected chi connectivity index (χ4v) is 3.08. The van der Waals surface area contributed by atoms with Crippen molar-refractivity contribution < 1.29 is 0 Å². The lowest BCUT2D eigenvalue weighted by Gasteiger charge is -2.10. The molecule has 0 radical (unpaired) electrons. The summed E-state index contributed by atoms with van der Waals surface area (Å²) < 4.78 is 0. The van der Waals surface area contributed by atoms with Crippen LogP contribution in [0.4, 0.5) is 0 Å². The molecule has 0 spiro atoms. The molecule has 2 rings (SSSR count). The summed E-state index contributed by atoms with van der Waals surface area (Å²) in [6.45, 7) is 1.08. The number of thioether (sulfide) groups is 1. The minimum absolute atomic E-state index is 0.738.